The molecule has 25 heavy (non-hydrogen) atoms. The molecule has 0 spiro atoms. The highest BCUT2D eigenvalue weighted by Gasteiger charge is 2.26. The molecule has 0 aliphatic carbocycles. The molecular weight excluding hydrogens is 362 g/mol. The third kappa shape index (κ3) is 4.31. The average Bonchev–Trinajstić information content (AvgIpc) is 3.13. The van der Waals surface area contributed by atoms with Gasteiger partial charge in [0.15, 0.2) is 0 Å². The molecule has 2 amide bonds. The van der Waals surface area contributed by atoms with Gasteiger partial charge in [-0.05, 0) is 61.4 Å². The van der Waals surface area contributed by atoms with Crippen molar-refractivity contribution >= 4 is 39.0 Å². The van der Waals surface area contributed by atoms with Crippen molar-refractivity contribution in [3.8, 4) is 0 Å². The molecule has 0 unspecified atom stereocenters. The van der Waals surface area contributed by atoms with E-state index in [1.165, 1.54) is 16.4 Å². The highest BCUT2D eigenvalue weighted by molar-refractivity contribution is 7.89. The number of sulfonamides is 1. The van der Waals surface area contributed by atoms with Crippen molar-refractivity contribution in [1.29, 1.82) is 0 Å². The van der Waals surface area contributed by atoms with Crippen LogP contribution in [0.25, 0.3) is 0 Å². The van der Waals surface area contributed by atoms with Gasteiger partial charge in [-0.2, -0.15) is 4.31 Å². The van der Waals surface area contributed by atoms with Crippen LogP contribution in [0, 0.1) is 0 Å². The zero-order valence-corrected chi connectivity index (χ0v) is 15.0. The number of amides is 2. The first-order chi connectivity index (χ1) is 11.9. The monoisotopic (exact) mass is 379 g/mol. The maximum atomic E-state index is 12.5. The maximum absolute atomic E-state index is 12.5. The predicted octanol–water partition coefficient (Wildman–Crippen LogP) is 3.77. The van der Waals surface area contributed by atoms with E-state index in [9.17, 15) is 13.2 Å². The van der Waals surface area contributed by atoms with E-state index >= 15 is 0 Å². The van der Waals surface area contributed by atoms with Crippen LogP contribution in [0.3, 0.4) is 0 Å². The van der Waals surface area contributed by atoms with Crippen molar-refractivity contribution in [2.75, 3.05) is 23.7 Å². The number of nitrogens with one attached hydrogen (secondary N) is 2. The third-order valence-corrected chi connectivity index (χ3v) is 6.08. The van der Waals surface area contributed by atoms with Gasteiger partial charge >= 0.3 is 6.03 Å². The molecule has 1 fully saturated rings. The predicted molar refractivity (Wildman–Crippen MR) is 98.5 cm³/mol. The molecule has 0 saturated carbocycles. The van der Waals surface area contributed by atoms with Crippen LogP contribution in [0.5, 0.6) is 0 Å². The van der Waals surface area contributed by atoms with Gasteiger partial charge in [0.05, 0.1) is 4.90 Å². The molecule has 2 N–H and O–H groups in total. The summed E-state index contributed by atoms with van der Waals surface area (Å²) in [6.07, 6.45) is 1.79. The van der Waals surface area contributed by atoms with Gasteiger partial charge in [-0.15, -0.1) is 0 Å². The highest BCUT2D eigenvalue weighted by atomic mass is 35.5. The van der Waals surface area contributed by atoms with E-state index < -0.39 is 16.1 Å². The van der Waals surface area contributed by atoms with Crippen LogP contribution in [0.4, 0.5) is 16.2 Å². The van der Waals surface area contributed by atoms with Gasteiger partial charge in [0.25, 0.3) is 0 Å². The second kappa shape index (κ2) is 7.43. The van der Waals surface area contributed by atoms with Crippen molar-refractivity contribution in [2.45, 2.75) is 17.7 Å². The Morgan fingerprint density at radius 1 is 0.880 bits per heavy atom. The Hall–Kier alpha value is -2.09. The van der Waals surface area contributed by atoms with Crippen LogP contribution in [0.15, 0.2) is 53.4 Å². The molecule has 6 nitrogen and oxygen atoms in total. The number of hydrogen-bond donors (Lipinski definition) is 2. The van der Waals surface area contributed by atoms with Gasteiger partial charge in [0.2, 0.25) is 10.0 Å². The number of urea groups is 1. The molecular formula is C17H18ClN3O3S. The van der Waals surface area contributed by atoms with Gasteiger partial charge in [-0.25, -0.2) is 13.2 Å². The number of benzene rings is 2. The maximum Gasteiger partial charge on any atom is 0.323 e. The summed E-state index contributed by atoms with van der Waals surface area (Å²) in [6.45, 7) is 1.12. The fourth-order valence-electron chi connectivity index (χ4n) is 2.61. The molecule has 1 aliphatic rings. The number of rotatable bonds is 4. The average molecular weight is 380 g/mol. The first kappa shape index (κ1) is 17.7. The molecule has 0 radical (unpaired) electrons. The lowest BCUT2D eigenvalue weighted by molar-refractivity contribution is 0.262. The van der Waals surface area contributed by atoms with Crippen LogP contribution < -0.4 is 10.6 Å². The fraction of sp³-hybridized carbons (Fsp3) is 0.235. The number of hydrogen-bond acceptors (Lipinski definition) is 3. The lowest BCUT2D eigenvalue weighted by atomic mass is 10.3. The van der Waals surface area contributed by atoms with E-state index in [1.807, 2.05) is 0 Å². The summed E-state index contributed by atoms with van der Waals surface area (Å²) in [5.74, 6) is 0. The second-order valence-electron chi connectivity index (χ2n) is 5.72. The molecule has 1 heterocycles. The smallest absolute Gasteiger partial charge is 0.308 e. The standard InChI is InChI=1S/C17H18ClN3O3S/c18-13-3-5-14(6-4-13)19-17(22)20-15-7-9-16(10-8-15)25(23,24)21-11-1-2-12-21/h3-10H,1-2,11-12H2,(H2,19,20,22). The molecule has 0 aromatic heterocycles. The van der Waals surface area contributed by atoms with Gasteiger partial charge in [0, 0.05) is 29.5 Å². The summed E-state index contributed by atoms with van der Waals surface area (Å²) in [6, 6.07) is 12.5. The van der Waals surface area contributed by atoms with Crippen molar-refractivity contribution in [3.63, 3.8) is 0 Å². The first-order valence-electron chi connectivity index (χ1n) is 7.89. The van der Waals surface area contributed by atoms with Crippen LogP contribution in [-0.2, 0) is 10.0 Å². The molecule has 8 heteroatoms. The number of carbonyl (C=O) groups is 1. The van der Waals surface area contributed by atoms with Crippen molar-refractivity contribution in [2.24, 2.45) is 0 Å². The Bertz CT molecular complexity index is 846. The van der Waals surface area contributed by atoms with E-state index in [4.69, 9.17) is 11.6 Å². The lowest BCUT2D eigenvalue weighted by Crippen LogP contribution is -2.27. The van der Waals surface area contributed by atoms with Crippen LogP contribution in [0.2, 0.25) is 5.02 Å². The highest BCUT2D eigenvalue weighted by Crippen LogP contribution is 2.22. The summed E-state index contributed by atoms with van der Waals surface area (Å²) in [5, 5.41) is 5.92. The zero-order valence-electron chi connectivity index (χ0n) is 13.4. The number of nitrogens with zero attached hydrogens (tertiary/aromatic N) is 1. The summed E-state index contributed by atoms with van der Waals surface area (Å²) in [7, 11) is -3.44. The van der Waals surface area contributed by atoms with E-state index in [1.54, 1.807) is 36.4 Å². The molecule has 0 bridgehead atoms. The third-order valence-electron chi connectivity index (χ3n) is 3.92. The molecule has 3 rings (SSSR count). The van der Waals surface area contributed by atoms with Gasteiger partial charge in [0.1, 0.15) is 0 Å². The summed E-state index contributed by atoms with van der Waals surface area (Å²) < 4.78 is 26.4. The summed E-state index contributed by atoms with van der Waals surface area (Å²) >= 11 is 5.80. The van der Waals surface area contributed by atoms with Crippen molar-refractivity contribution in [3.05, 3.63) is 53.6 Å². The fourth-order valence-corrected chi connectivity index (χ4v) is 4.26. The van der Waals surface area contributed by atoms with Crippen molar-refractivity contribution < 1.29 is 13.2 Å². The Morgan fingerprint density at radius 3 is 1.88 bits per heavy atom. The minimum atomic E-state index is -3.44. The largest absolute Gasteiger partial charge is 0.323 e. The topological polar surface area (TPSA) is 78.5 Å². The summed E-state index contributed by atoms with van der Waals surface area (Å²) in [4.78, 5) is 12.2. The van der Waals surface area contributed by atoms with Crippen LogP contribution >= 0.6 is 11.6 Å². The number of carbonyl (C=O) groups excluding carboxylic acids is 1. The van der Waals surface area contributed by atoms with Crippen molar-refractivity contribution in [1.82, 2.24) is 4.31 Å². The van der Waals surface area contributed by atoms with Crippen LogP contribution in [0.1, 0.15) is 12.8 Å². The molecule has 2 aromatic carbocycles. The molecule has 1 saturated heterocycles. The minimum Gasteiger partial charge on any atom is -0.308 e. The Morgan fingerprint density at radius 2 is 1.36 bits per heavy atom. The Kier molecular flexibility index (Phi) is 5.27. The molecule has 2 aromatic rings. The zero-order chi connectivity index (χ0) is 17.9. The van der Waals surface area contributed by atoms with E-state index in [-0.39, 0.29) is 4.90 Å². The normalized spacial score (nSPS) is 15.1. The SMILES string of the molecule is O=C(Nc1ccc(Cl)cc1)Nc1ccc(S(=O)(=O)N2CCCC2)cc1. The number of anilines is 2. The van der Waals surface area contributed by atoms with E-state index in [0.717, 1.165) is 12.8 Å². The molecule has 0 atom stereocenters. The van der Waals surface area contributed by atoms with Gasteiger partial charge < -0.3 is 10.6 Å². The second-order valence-corrected chi connectivity index (χ2v) is 8.10. The van der Waals surface area contributed by atoms with Gasteiger partial charge in [-0.3, -0.25) is 0 Å². The molecule has 132 valence electrons. The Labute approximate surface area is 151 Å². The summed E-state index contributed by atoms with van der Waals surface area (Å²) in [5.41, 5.74) is 1.11. The number of halogens is 1. The first-order valence-corrected chi connectivity index (χ1v) is 9.71. The van der Waals surface area contributed by atoms with E-state index in [0.29, 0.717) is 29.5 Å². The lowest BCUT2D eigenvalue weighted by Gasteiger charge is -2.15. The van der Waals surface area contributed by atoms with Gasteiger partial charge in [-0.1, -0.05) is 11.6 Å². The van der Waals surface area contributed by atoms with Crippen LogP contribution in [-0.4, -0.2) is 31.8 Å². The minimum absolute atomic E-state index is 0.234. The Balaban J connectivity index is 1.64. The van der Waals surface area contributed by atoms with E-state index in [2.05, 4.69) is 10.6 Å². The quantitative estimate of drug-likeness (QED) is 0.848. The molecule has 1 aliphatic heterocycles.